The predicted octanol–water partition coefficient (Wildman–Crippen LogP) is 2.61. The molecule has 0 saturated heterocycles. The minimum absolute atomic E-state index is 0.118. The molecule has 5 heteroatoms. The average molecular weight is 253 g/mol. The number of nitrogens with one attached hydrogen (secondary N) is 1. The number of pyridine rings is 2. The van der Waals surface area contributed by atoms with Gasteiger partial charge in [-0.1, -0.05) is 12.1 Å². The Balaban J connectivity index is 1.85. The summed E-state index contributed by atoms with van der Waals surface area (Å²) in [5.74, 6) is 0.627. The summed E-state index contributed by atoms with van der Waals surface area (Å²) in [4.78, 5) is 8.56. The molecule has 3 heterocycles. The third-order valence-electron chi connectivity index (χ3n) is 3.01. The number of anilines is 1. The Bertz CT molecular complexity index is 689. The first-order valence-corrected chi connectivity index (χ1v) is 6.22. The van der Waals surface area contributed by atoms with Crippen molar-refractivity contribution in [3.05, 3.63) is 54.0 Å². The van der Waals surface area contributed by atoms with Gasteiger partial charge in [0.05, 0.1) is 6.04 Å². The Labute approximate surface area is 111 Å². The van der Waals surface area contributed by atoms with Gasteiger partial charge in [0.2, 0.25) is 5.95 Å². The lowest BCUT2D eigenvalue weighted by molar-refractivity contribution is 0.846. The predicted molar refractivity (Wildman–Crippen MR) is 74.0 cm³/mol. The van der Waals surface area contributed by atoms with E-state index in [0.717, 1.165) is 16.8 Å². The van der Waals surface area contributed by atoms with E-state index in [0.29, 0.717) is 5.95 Å². The molecule has 3 aromatic rings. The summed E-state index contributed by atoms with van der Waals surface area (Å²) in [6.07, 6.45) is 5.57. The van der Waals surface area contributed by atoms with Crippen molar-refractivity contribution in [3.63, 3.8) is 0 Å². The molecule has 0 saturated carbocycles. The number of rotatable bonds is 3. The molecule has 0 bridgehead atoms. The van der Waals surface area contributed by atoms with Gasteiger partial charge in [-0.25, -0.2) is 4.52 Å². The molecule has 1 atom stereocenters. The summed E-state index contributed by atoms with van der Waals surface area (Å²) in [5.41, 5.74) is 3.10. The van der Waals surface area contributed by atoms with Crippen molar-refractivity contribution >= 4 is 11.6 Å². The molecule has 0 spiro atoms. The number of fused-ring (bicyclic) bond motifs is 1. The molecular weight excluding hydrogens is 238 g/mol. The Kier molecular flexibility index (Phi) is 2.87. The van der Waals surface area contributed by atoms with Crippen molar-refractivity contribution < 1.29 is 0 Å². The Morgan fingerprint density at radius 3 is 2.95 bits per heavy atom. The smallest absolute Gasteiger partial charge is 0.243 e. The van der Waals surface area contributed by atoms with Gasteiger partial charge < -0.3 is 5.32 Å². The highest BCUT2D eigenvalue weighted by molar-refractivity contribution is 5.44. The summed E-state index contributed by atoms with van der Waals surface area (Å²) in [6.45, 7) is 4.10. The van der Waals surface area contributed by atoms with E-state index in [1.807, 2.05) is 43.6 Å². The van der Waals surface area contributed by atoms with Crippen molar-refractivity contribution in [3.8, 4) is 0 Å². The van der Waals surface area contributed by atoms with Crippen molar-refractivity contribution in [2.45, 2.75) is 19.9 Å². The molecular formula is C14H15N5. The van der Waals surface area contributed by atoms with Crippen LogP contribution in [0.1, 0.15) is 24.1 Å². The fraction of sp³-hybridized carbons (Fsp3) is 0.214. The molecule has 0 aliphatic carbocycles. The first-order valence-electron chi connectivity index (χ1n) is 6.22. The van der Waals surface area contributed by atoms with E-state index < -0.39 is 0 Å². The quantitative estimate of drug-likeness (QED) is 0.779. The third kappa shape index (κ3) is 2.40. The summed E-state index contributed by atoms with van der Waals surface area (Å²) in [6, 6.07) is 8.06. The van der Waals surface area contributed by atoms with Crippen LogP contribution in [-0.4, -0.2) is 19.6 Å². The zero-order valence-electron chi connectivity index (χ0n) is 10.9. The van der Waals surface area contributed by atoms with E-state index in [4.69, 9.17) is 0 Å². The van der Waals surface area contributed by atoms with Crippen molar-refractivity contribution in [1.82, 2.24) is 19.6 Å². The van der Waals surface area contributed by atoms with Crippen LogP contribution in [0.15, 0.2) is 42.9 Å². The molecule has 1 unspecified atom stereocenters. The summed E-state index contributed by atoms with van der Waals surface area (Å²) >= 11 is 0. The topological polar surface area (TPSA) is 55.1 Å². The first-order chi connectivity index (χ1) is 9.22. The molecule has 1 N–H and O–H groups in total. The zero-order valence-corrected chi connectivity index (χ0v) is 10.9. The van der Waals surface area contributed by atoms with Crippen LogP contribution >= 0.6 is 0 Å². The molecule has 0 amide bonds. The number of nitrogens with zero attached hydrogens (tertiary/aromatic N) is 4. The van der Waals surface area contributed by atoms with Crippen LogP contribution in [0.25, 0.3) is 5.65 Å². The molecule has 96 valence electrons. The van der Waals surface area contributed by atoms with E-state index >= 15 is 0 Å². The molecule has 0 aromatic carbocycles. The fourth-order valence-corrected chi connectivity index (χ4v) is 1.96. The van der Waals surface area contributed by atoms with Crippen LogP contribution in [0.5, 0.6) is 0 Å². The Morgan fingerprint density at radius 1 is 1.26 bits per heavy atom. The summed E-state index contributed by atoms with van der Waals surface area (Å²) in [7, 11) is 0. The highest BCUT2D eigenvalue weighted by Crippen LogP contribution is 2.16. The SMILES string of the molecule is Cc1ccc2nc(NC(C)c3cccnc3)nn2c1. The van der Waals surface area contributed by atoms with Gasteiger partial charge in [0.15, 0.2) is 5.65 Å². The second kappa shape index (κ2) is 4.68. The number of aromatic nitrogens is 4. The molecule has 0 aliphatic rings. The maximum Gasteiger partial charge on any atom is 0.243 e. The standard InChI is InChI=1S/C14H15N5/c1-10-5-6-13-17-14(18-19(13)9-10)16-11(2)12-4-3-7-15-8-12/h3-9,11H,1-2H3,(H,16,18). The van der Waals surface area contributed by atoms with Gasteiger partial charge >= 0.3 is 0 Å². The lowest BCUT2D eigenvalue weighted by Crippen LogP contribution is -2.08. The van der Waals surface area contributed by atoms with Crippen LogP contribution in [0, 0.1) is 6.92 Å². The van der Waals surface area contributed by atoms with Crippen molar-refractivity contribution in [1.29, 1.82) is 0 Å². The molecule has 0 radical (unpaired) electrons. The molecule has 0 fully saturated rings. The summed E-state index contributed by atoms with van der Waals surface area (Å²) in [5, 5.41) is 7.70. The van der Waals surface area contributed by atoms with Gasteiger partial charge in [-0.05, 0) is 37.1 Å². The van der Waals surface area contributed by atoms with Crippen LogP contribution in [0.4, 0.5) is 5.95 Å². The van der Waals surface area contributed by atoms with Gasteiger partial charge in [-0.15, -0.1) is 5.10 Å². The van der Waals surface area contributed by atoms with Gasteiger partial charge in [0, 0.05) is 18.6 Å². The second-order valence-electron chi connectivity index (χ2n) is 4.60. The normalized spacial score (nSPS) is 12.5. The van der Waals surface area contributed by atoms with E-state index in [1.165, 1.54) is 0 Å². The third-order valence-corrected chi connectivity index (χ3v) is 3.01. The number of hydrogen-bond donors (Lipinski definition) is 1. The van der Waals surface area contributed by atoms with E-state index in [9.17, 15) is 0 Å². The fourth-order valence-electron chi connectivity index (χ4n) is 1.96. The van der Waals surface area contributed by atoms with Crippen LogP contribution in [0.3, 0.4) is 0 Å². The van der Waals surface area contributed by atoms with Gasteiger partial charge in [0.25, 0.3) is 0 Å². The molecule has 5 nitrogen and oxygen atoms in total. The lowest BCUT2D eigenvalue weighted by Gasteiger charge is -2.11. The number of hydrogen-bond acceptors (Lipinski definition) is 4. The number of aryl methyl sites for hydroxylation is 1. The van der Waals surface area contributed by atoms with Crippen molar-refractivity contribution in [2.24, 2.45) is 0 Å². The maximum atomic E-state index is 4.44. The van der Waals surface area contributed by atoms with Crippen molar-refractivity contribution in [2.75, 3.05) is 5.32 Å². The molecule has 3 rings (SSSR count). The zero-order chi connectivity index (χ0) is 13.2. The molecule has 3 aromatic heterocycles. The van der Waals surface area contributed by atoms with Crippen LogP contribution in [0.2, 0.25) is 0 Å². The van der Waals surface area contributed by atoms with E-state index in [-0.39, 0.29) is 6.04 Å². The second-order valence-corrected chi connectivity index (χ2v) is 4.60. The Hall–Kier alpha value is -2.43. The highest BCUT2D eigenvalue weighted by Gasteiger charge is 2.09. The largest absolute Gasteiger partial charge is 0.346 e. The highest BCUT2D eigenvalue weighted by atomic mass is 15.3. The van der Waals surface area contributed by atoms with Gasteiger partial charge in [-0.2, -0.15) is 4.98 Å². The minimum atomic E-state index is 0.118. The van der Waals surface area contributed by atoms with E-state index in [2.05, 4.69) is 27.3 Å². The van der Waals surface area contributed by atoms with E-state index in [1.54, 1.807) is 10.7 Å². The summed E-state index contributed by atoms with van der Waals surface area (Å²) < 4.78 is 1.79. The minimum Gasteiger partial charge on any atom is -0.346 e. The molecule has 0 aliphatic heterocycles. The lowest BCUT2D eigenvalue weighted by atomic mass is 10.1. The van der Waals surface area contributed by atoms with Gasteiger partial charge in [-0.3, -0.25) is 4.98 Å². The monoisotopic (exact) mass is 253 g/mol. The molecule has 19 heavy (non-hydrogen) atoms. The van der Waals surface area contributed by atoms with Crippen LogP contribution in [-0.2, 0) is 0 Å². The maximum absolute atomic E-state index is 4.44. The average Bonchev–Trinajstić information content (AvgIpc) is 2.81. The first kappa shape index (κ1) is 11.6. The van der Waals surface area contributed by atoms with Crippen LogP contribution < -0.4 is 5.32 Å². The Morgan fingerprint density at radius 2 is 2.16 bits per heavy atom. The van der Waals surface area contributed by atoms with Gasteiger partial charge in [0.1, 0.15) is 0 Å².